The first-order valence-electron chi connectivity index (χ1n) is 18.4. The molecule has 0 radical (unpaired) electrons. The summed E-state index contributed by atoms with van der Waals surface area (Å²) in [5, 5.41) is 7.49. The molecular formula is C51H31NO. The van der Waals surface area contributed by atoms with Gasteiger partial charge in [0, 0.05) is 21.9 Å². The predicted molar refractivity (Wildman–Crippen MR) is 219 cm³/mol. The Bertz CT molecular complexity index is 3100. The molecule has 0 bridgehead atoms. The van der Waals surface area contributed by atoms with E-state index < -0.39 is 5.41 Å². The maximum Gasteiger partial charge on any atom is 0.132 e. The van der Waals surface area contributed by atoms with Gasteiger partial charge in [0.25, 0.3) is 0 Å². The molecule has 3 heterocycles. The molecule has 2 nitrogen and oxygen atoms in total. The van der Waals surface area contributed by atoms with Crippen LogP contribution in [0.25, 0.3) is 71.3 Å². The Morgan fingerprint density at radius 3 is 1.66 bits per heavy atom. The van der Waals surface area contributed by atoms with Crippen molar-refractivity contribution in [1.82, 2.24) is 4.57 Å². The van der Waals surface area contributed by atoms with E-state index >= 15 is 0 Å². The van der Waals surface area contributed by atoms with E-state index in [9.17, 15) is 0 Å². The fourth-order valence-corrected chi connectivity index (χ4v) is 9.84. The molecule has 10 aromatic rings. The molecule has 1 atom stereocenters. The molecule has 0 saturated carbocycles. The van der Waals surface area contributed by atoms with Gasteiger partial charge in [0.1, 0.15) is 11.5 Å². The largest absolute Gasteiger partial charge is 0.457 e. The molecule has 0 N–H and O–H groups in total. The summed E-state index contributed by atoms with van der Waals surface area (Å²) in [4.78, 5) is 0. The van der Waals surface area contributed by atoms with Crippen molar-refractivity contribution in [2.75, 3.05) is 0 Å². The van der Waals surface area contributed by atoms with Crippen LogP contribution in [0.3, 0.4) is 0 Å². The number of aromatic nitrogens is 1. The number of hydrogen-bond donors (Lipinski definition) is 0. The van der Waals surface area contributed by atoms with Gasteiger partial charge in [-0.05, 0) is 79.2 Å². The average Bonchev–Trinajstić information content (AvgIpc) is 3.57. The summed E-state index contributed by atoms with van der Waals surface area (Å²) in [6.45, 7) is 0. The summed E-state index contributed by atoms with van der Waals surface area (Å²) in [5.74, 6) is 1.78. The molecule has 1 spiro atoms. The molecule has 0 aliphatic carbocycles. The van der Waals surface area contributed by atoms with Gasteiger partial charge in [-0.25, -0.2) is 0 Å². The van der Waals surface area contributed by atoms with Crippen molar-refractivity contribution in [2.24, 2.45) is 0 Å². The van der Waals surface area contributed by atoms with Crippen LogP contribution in [0.4, 0.5) is 0 Å². The fraction of sp³-hybridized carbons (Fsp3) is 0.0196. The molecule has 0 fully saturated rings. The third kappa shape index (κ3) is 3.67. The molecule has 1 aromatic heterocycles. The Hall–Kier alpha value is -6.90. The summed E-state index contributed by atoms with van der Waals surface area (Å²) in [5.41, 5.74) is 12.8. The minimum absolute atomic E-state index is 0.593. The van der Waals surface area contributed by atoms with Gasteiger partial charge in [-0.15, -0.1) is 0 Å². The maximum atomic E-state index is 7.04. The normalized spacial score (nSPS) is 15.4. The maximum absolute atomic E-state index is 7.04. The zero-order valence-electron chi connectivity index (χ0n) is 28.8. The highest BCUT2D eigenvalue weighted by molar-refractivity contribution is 6.21. The number of hydrogen-bond acceptors (Lipinski definition) is 1. The first kappa shape index (κ1) is 28.8. The van der Waals surface area contributed by atoms with Gasteiger partial charge < -0.3 is 9.30 Å². The van der Waals surface area contributed by atoms with Crippen LogP contribution in [-0.4, -0.2) is 4.57 Å². The second-order valence-corrected chi connectivity index (χ2v) is 14.3. The number of benzene rings is 9. The van der Waals surface area contributed by atoms with Gasteiger partial charge in [-0.2, -0.15) is 0 Å². The Morgan fingerprint density at radius 2 is 0.906 bits per heavy atom. The van der Waals surface area contributed by atoms with E-state index in [1.807, 2.05) is 0 Å². The average molecular weight is 674 g/mol. The topological polar surface area (TPSA) is 14.2 Å². The van der Waals surface area contributed by atoms with Gasteiger partial charge >= 0.3 is 0 Å². The standard InChI is InChI=1S/C51H31NO/c1-2-15-32(16-3-1)48-35-18-4-6-20-37(35)49(38-21-7-5-19-36(38)48)33-29-30-42-47(31-33)53-46-28-13-10-24-41(46)51(42)40-23-9-12-27-45(40)52-44-26-11-8-17-34(44)39-22-14-25-43(51)50(39)52/h1-31H. The molecule has 246 valence electrons. The zero-order valence-corrected chi connectivity index (χ0v) is 28.8. The molecule has 2 aliphatic rings. The van der Waals surface area contributed by atoms with E-state index in [0.717, 1.165) is 22.6 Å². The first-order chi connectivity index (χ1) is 26.3. The lowest BCUT2D eigenvalue weighted by molar-refractivity contribution is 0.434. The number of fused-ring (bicyclic) bond motifs is 13. The second-order valence-electron chi connectivity index (χ2n) is 14.3. The van der Waals surface area contributed by atoms with Gasteiger partial charge in [-0.3, -0.25) is 0 Å². The van der Waals surface area contributed by atoms with E-state index in [0.29, 0.717) is 0 Å². The summed E-state index contributed by atoms with van der Waals surface area (Å²) in [6, 6.07) is 68.8. The van der Waals surface area contributed by atoms with Crippen LogP contribution in [0, 0.1) is 0 Å². The SMILES string of the molecule is c1ccc(-c2c3ccccc3c(-c3ccc4c(c3)Oc3ccccc3C43c4ccccc4-n4c5ccccc5c5cccc3c54)c3ccccc23)cc1. The Balaban J connectivity index is 1.19. The Morgan fingerprint density at radius 1 is 0.358 bits per heavy atom. The minimum atomic E-state index is -0.593. The van der Waals surface area contributed by atoms with Crippen molar-refractivity contribution in [1.29, 1.82) is 0 Å². The van der Waals surface area contributed by atoms with Crippen molar-refractivity contribution in [3.8, 4) is 39.4 Å². The van der Waals surface area contributed by atoms with Crippen LogP contribution in [0.5, 0.6) is 11.5 Å². The van der Waals surface area contributed by atoms with Crippen molar-refractivity contribution >= 4 is 43.4 Å². The zero-order chi connectivity index (χ0) is 34.7. The van der Waals surface area contributed by atoms with Crippen LogP contribution in [-0.2, 0) is 5.41 Å². The smallest absolute Gasteiger partial charge is 0.132 e. The third-order valence-electron chi connectivity index (χ3n) is 11.8. The van der Waals surface area contributed by atoms with Crippen LogP contribution >= 0.6 is 0 Å². The highest BCUT2D eigenvalue weighted by Crippen LogP contribution is 2.61. The number of para-hydroxylation sites is 4. The molecule has 9 aromatic carbocycles. The number of rotatable bonds is 2. The fourth-order valence-electron chi connectivity index (χ4n) is 9.84. The van der Waals surface area contributed by atoms with Crippen molar-refractivity contribution in [2.45, 2.75) is 5.41 Å². The lowest BCUT2D eigenvalue weighted by atomic mass is 9.61. The highest BCUT2D eigenvalue weighted by Gasteiger charge is 2.50. The Labute approximate surface area is 306 Å². The Kier molecular flexibility index (Phi) is 5.73. The van der Waals surface area contributed by atoms with Gasteiger partial charge in [0.05, 0.1) is 22.1 Å². The van der Waals surface area contributed by atoms with Gasteiger partial charge in [-0.1, -0.05) is 164 Å². The van der Waals surface area contributed by atoms with Crippen molar-refractivity contribution in [3.05, 3.63) is 210 Å². The molecule has 0 saturated heterocycles. The van der Waals surface area contributed by atoms with Gasteiger partial charge in [0.15, 0.2) is 0 Å². The van der Waals surface area contributed by atoms with Crippen LogP contribution in [0.1, 0.15) is 22.3 Å². The quantitative estimate of drug-likeness (QED) is 0.167. The van der Waals surface area contributed by atoms with E-state index in [-0.39, 0.29) is 0 Å². The number of ether oxygens (including phenoxy) is 1. The summed E-state index contributed by atoms with van der Waals surface area (Å²) in [6.07, 6.45) is 0. The van der Waals surface area contributed by atoms with Crippen molar-refractivity contribution in [3.63, 3.8) is 0 Å². The summed E-state index contributed by atoms with van der Waals surface area (Å²) < 4.78 is 9.52. The minimum Gasteiger partial charge on any atom is -0.457 e. The second kappa shape index (κ2) is 10.6. The highest BCUT2D eigenvalue weighted by atomic mass is 16.5. The van der Waals surface area contributed by atoms with Crippen LogP contribution in [0.2, 0.25) is 0 Å². The first-order valence-corrected chi connectivity index (χ1v) is 18.4. The molecule has 1 unspecified atom stereocenters. The summed E-state index contributed by atoms with van der Waals surface area (Å²) in [7, 11) is 0. The van der Waals surface area contributed by atoms with Crippen molar-refractivity contribution < 1.29 is 4.74 Å². The van der Waals surface area contributed by atoms with E-state index in [4.69, 9.17) is 4.74 Å². The molecular weight excluding hydrogens is 643 g/mol. The lowest BCUT2D eigenvalue weighted by Crippen LogP contribution is -2.37. The molecule has 12 rings (SSSR count). The molecule has 2 heteroatoms. The molecule has 0 amide bonds. The van der Waals surface area contributed by atoms with E-state index in [2.05, 4.69) is 193 Å². The predicted octanol–water partition coefficient (Wildman–Crippen LogP) is 13.2. The number of nitrogens with zero attached hydrogens (tertiary/aromatic N) is 1. The van der Waals surface area contributed by atoms with Crippen LogP contribution < -0.4 is 4.74 Å². The monoisotopic (exact) mass is 673 g/mol. The van der Waals surface area contributed by atoms with E-state index in [1.54, 1.807) is 0 Å². The van der Waals surface area contributed by atoms with Crippen LogP contribution in [0.15, 0.2) is 188 Å². The molecule has 2 aliphatic heterocycles. The van der Waals surface area contributed by atoms with E-state index in [1.165, 1.54) is 82.4 Å². The lowest BCUT2D eigenvalue weighted by Gasteiger charge is -2.45. The van der Waals surface area contributed by atoms with Gasteiger partial charge in [0.2, 0.25) is 0 Å². The summed E-state index contributed by atoms with van der Waals surface area (Å²) >= 11 is 0. The molecule has 53 heavy (non-hydrogen) atoms. The third-order valence-corrected chi connectivity index (χ3v) is 11.8.